The van der Waals surface area contributed by atoms with Crippen LogP contribution in [0.2, 0.25) is 0 Å². The Kier molecular flexibility index (Phi) is 4.31. The van der Waals surface area contributed by atoms with Gasteiger partial charge in [0, 0.05) is 6.04 Å². The second-order valence-corrected chi connectivity index (χ2v) is 4.37. The van der Waals surface area contributed by atoms with Crippen molar-refractivity contribution in [2.45, 2.75) is 31.7 Å². The predicted molar refractivity (Wildman–Crippen MR) is 53.2 cm³/mol. The van der Waals surface area contributed by atoms with Crippen molar-refractivity contribution in [2.75, 3.05) is 19.1 Å². The molecule has 1 aliphatic rings. The maximum Gasteiger partial charge on any atom is 0.00642 e. The van der Waals surface area contributed by atoms with Crippen LogP contribution >= 0.6 is 11.8 Å². The summed E-state index contributed by atoms with van der Waals surface area (Å²) in [6.45, 7) is 0. The Balaban J connectivity index is 2.14. The minimum absolute atomic E-state index is 0.813. The average Bonchev–Trinajstić information content (AvgIpc) is 2.07. The molecule has 1 saturated carbocycles. The van der Waals surface area contributed by atoms with Crippen LogP contribution in [0.15, 0.2) is 0 Å². The Morgan fingerprint density at radius 1 is 1.27 bits per heavy atom. The Hall–Kier alpha value is 0.310. The summed E-state index contributed by atoms with van der Waals surface area (Å²) in [5.41, 5.74) is 0. The van der Waals surface area contributed by atoms with Crippen molar-refractivity contribution >= 4 is 11.8 Å². The fourth-order valence-corrected chi connectivity index (χ4v) is 2.66. The molecule has 0 aromatic carbocycles. The molecule has 0 radical (unpaired) electrons. The average molecular weight is 173 g/mol. The van der Waals surface area contributed by atoms with Gasteiger partial charge in [-0.15, -0.1) is 0 Å². The standard InChI is InChI=1S/C9H19NS/c1-10-9-5-3-8(4-6-9)7-11-2/h8-10H,3-7H2,1-2H3. The number of rotatable bonds is 3. The van der Waals surface area contributed by atoms with Crippen LogP contribution in [0.1, 0.15) is 25.7 Å². The van der Waals surface area contributed by atoms with Crippen LogP contribution in [0.4, 0.5) is 0 Å². The van der Waals surface area contributed by atoms with Gasteiger partial charge in [0.1, 0.15) is 0 Å². The van der Waals surface area contributed by atoms with E-state index in [0.717, 1.165) is 12.0 Å². The van der Waals surface area contributed by atoms with Gasteiger partial charge in [-0.1, -0.05) is 0 Å². The van der Waals surface area contributed by atoms with E-state index >= 15 is 0 Å². The highest BCUT2D eigenvalue weighted by Gasteiger charge is 2.18. The van der Waals surface area contributed by atoms with Gasteiger partial charge in [-0.05, 0) is 50.7 Å². The maximum atomic E-state index is 3.36. The molecule has 66 valence electrons. The molecule has 11 heavy (non-hydrogen) atoms. The molecule has 0 unspecified atom stereocenters. The van der Waals surface area contributed by atoms with Crippen LogP contribution < -0.4 is 5.32 Å². The van der Waals surface area contributed by atoms with Crippen molar-refractivity contribution in [1.29, 1.82) is 0 Å². The van der Waals surface area contributed by atoms with Crippen molar-refractivity contribution in [2.24, 2.45) is 5.92 Å². The van der Waals surface area contributed by atoms with Crippen LogP contribution in [0.25, 0.3) is 0 Å². The molecule has 0 aliphatic heterocycles. The second kappa shape index (κ2) is 5.04. The molecule has 0 spiro atoms. The fourth-order valence-electron chi connectivity index (χ4n) is 1.85. The Labute approximate surface area is 74.3 Å². The van der Waals surface area contributed by atoms with Gasteiger partial charge in [-0.2, -0.15) is 11.8 Å². The van der Waals surface area contributed by atoms with Gasteiger partial charge in [0.25, 0.3) is 0 Å². The summed E-state index contributed by atoms with van der Waals surface area (Å²) >= 11 is 2.00. The van der Waals surface area contributed by atoms with E-state index in [4.69, 9.17) is 0 Å². The summed E-state index contributed by atoms with van der Waals surface area (Å²) < 4.78 is 0. The van der Waals surface area contributed by atoms with E-state index in [1.54, 1.807) is 0 Å². The molecule has 1 aliphatic carbocycles. The van der Waals surface area contributed by atoms with Crippen molar-refractivity contribution in [3.8, 4) is 0 Å². The van der Waals surface area contributed by atoms with Gasteiger partial charge < -0.3 is 5.32 Å². The zero-order chi connectivity index (χ0) is 8.10. The highest BCUT2D eigenvalue weighted by atomic mass is 32.2. The summed E-state index contributed by atoms with van der Waals surface area (Å²) in [6, 6.07) is 0.813. The van der Waals surface area contributed by atoms with Gasteiger partial charge in [0.05, 0.1) is 0 Å². The number of hydrogen-bond acceptors (Lipinski definition) is 2. The van der Waals surface area contributed by atoms with E-state index in [1.165, 1.54) is 31.4 Å². The Bertz CT molecular complexity index is 97.7. The SMILES string of the molecule is CNC1CCC(CSC)CC1. The first-order chi connectivity index (χ1) is 5.36. The van der Waals surface area contributed by atoms with Crippen LogP contribution in [-0.4, -0.2) is 25.1 Å². The van der Waals surface area contributed by atoms with Crippen molar-refractivity contribution in [3.63, 3.8) is 0 Å². The smallest absolute Gasteiger partial charge is 0.00642 e. The monoisotopic (exact) mass is 173 g/mol. The molecule has 1 fully saturated rings. The van der Waals surface area contributed by atoms with E-state index < -0.39 is 0 Å². The van der Waals surface area contributed by atoms with E-state index in [2.05, 4.69) is 18.6 Å². The molecule has 0 saturated heterocycles. The summed E-state index contributed by atoms with van der Waals surface area (Å²) in [5, 5.41) is 3.36. The predicted octanol–water partition coefficient (Wildman–Crippen LogP) is 2.13. The minimum Gasteiger partial charge on any atom is -0.317 e. The summed E-state index contributed by atoms with van der Waals surface area (Å²) in [7, 11) is 2.08. The second-order valence-electron chi connectivity index (χ2n) is 3.46. The molecule has 0 amide bonds. The number of hydrogen-bond donors (Lipinski definition) is 1. The quantitative estimate of drug-likeness (QED) is 0.701. The molecule has 0 aromatic rings. The van der Waals surface area contributed by atoms with Crippen molar-refractivity contribution in [3.05, 3.63) is 0 Å². The van der Waals surface area contributed by atoms with E-state index in [-0.39, 0.29) is 0 Å². The molecule has 0 aromatic heterocycles. The van der Waals surface area contributed by atoms with Crippen molar-refractivity contribution in [1.82, 2.24) is 5.32 Å². The molecule has 1 rings (SSSR count). The normalized spacial score (nSPS) is 32.2. The number of nitrogens with one attached hydrogen (secondary N) is 1. The minimum atomic E-state index is 0.813. The molecule has 2 heteroatoms. The first kappa shape index (κ1) is 9.40. The lowest BCUT2D eigenvalue weighted by atomic mass is 9.87. The van der Waals surface area contributed by atoms with Gasteiger partial charge in [0.2, 0.25) is 0 Å². The largest absolute Gasteiger partial charge is 0.317 e. The zero-order valence-corrected chi connectivity index (χ0v) is 8.41. The van der Waals surface area contributed by atoms with Gasteiger partial charge >= 0.3 is 0 Å². The highest BCUT2D eigenvalue weighted by molar-refractivity contribution is 7.98. The Morgan fingerprint density at radius 3 is 2.36 bits per heavy atom. The van der Waals surface area contributed by atoms with Crippen LogP contribution in [0, 0.1) is 5.92 Å². The van der Waals surface area contributed by atoms with Gasteiger partial charge in [0.15, 0.2) is 0 Å². The third-order valence-corrected chi connectivity index (χ3v) is 3.46. The van der Waals surface area contributed by atoms with Crippen LogP contribution in [0.5, 0.6) is 0 Å². The topological polar surface area (TPSA) is 12.0 Å². The summed E-state index contributed by atoms with van der Waals surface area (Å²) in [4.78, 5) is 0. The summed E-state index contributed by atoms with van der Waals surface area (Å²) in [5.74, 6) is 2.38. The lowest BCUT2D eigenvalue weighted by Crippen LogP contribution is -2.30. The number of thioether (sulfide) groups is 1. The molecule has 1 N–H and O–H groups in total. The maximum absolute atomic E-state index is 3.36. The van der Waals surface area contributed by atoms with Crippen LogP contribution in [-0.2, 0) is 0 Å². The van der Waals surface area contributed by atoms with E-state index in [1.807, 2.05) is 11.8 Å². The molecular formula is C9H19NS. The first-order valence-electron chi connectivity index (χ1n) is 4.53. The summed E-state index contributed by atoms with van der Waals surface area (Å²) in [6.07, 6.45) is 7.87. The third kappa shape index (κ3) is 3.04. The molecular weight excluding hydrogens is 154 g/mol. The van der Waals surface area contributed by atoms with E-state index in [9.17, 15) is 0 Å². The third-order valence-electron chi connectivity index (χ3n) is 2.66. The first-order valence-corrected chi connectivity index (χ1v) is 5.92. The molecule has 0 bridgehead atoms. The fraction of sp³-hybridized carbons (Fsp3) is 1.00. The zero-order valence-electron chi connectivity index (χ0n) is 7.60. The highest BCUT2D eigenvalue weighted by Crippen LogP contribution is 2.26. The lowest BCUT2D eigenvalue weighted by molar-refractivity contribution is 0.323. The van der Waals surface area contributed by atoms with Crippen LogP contribution in [0.3, 0.4) is 0 Å². The molecule has 0 atom stereocenters. The van der Waals surface area contributed by atoms with Gasteiger partial charge in [-0.3, -0.25) is 0 Å². The molecule has 1 nitrogen and oxygen atoms in total. The molecule has 0 heterocycles. The van der Waals surface area contributed by atoms with E-state index in [0.29, 0.717) is 0 Å². The van der Waals surface area contributed by atoms with Crippen molar-refractivity contribution < 1.29 is 0 Å². The lowest BCUT2D eigenvalue weighted by Gasteiger charge is -2.27. The van der Waals surface area contributed by atoms with Gasteiger partial charge in [-0.25, -0.2) is 0 Å². The Morgan fingerprint density at radius 2 is 1.91 bits per heavy atom.